The van der Waals surface area contributed by atoms with E-state index in [-0.39, 0.29) is 12.3 Å². The van der Waals surface area contributed by atoms with Crippen LogP contribution in [0.3, 0.4) is 0 Å². The lowest BCUT2D eigenvalue weighted by Crippen LogP contribution is -2.22. The number of urea groups is 1. The number of amides is 3. The zero-order chi connectivity index (χ0) is 13.8. The molecule has 0 aromatic heterocycles. The number of rotatable bonds is 3. The van der Waals surface area contributed by atoms with Crippen LogP contribution < -0.4 is 15.4 Å². The van der Waals surface area contributed by atoms with Gasteiger partial charge in [-0.3, -0.25) is 10.1 Å². The molecule has 96 valence electrons. The second-order valence-corrected chi connectivity index (χ2v) is 4.50. The molecule has 0 bridgehead atoms. The predicted octanol–water partition coefficient (Wildman–Crippen LogP) is 1.64. The topological polar surface area (TPSA) is 67.4 Å². The van der Waals surface area contributed by atoms with E-state index in [1.807, 2.05) is 0 Å². The summed E-state index contributed by atoms with van der Waals surface area (Å²) in [6, 6.07) is 4.71. The van der Waals surface area contributed by atoms with Gasteiger partial charge >= 0.3 is 6.03 Å². The van der Waals surface area contributed by atoms with Crippen molar-refractivity contribution >= 4 is 33.9 Å². The van der Waals surface area contributed by atoms with Gasteiger partial charge in [0.25, 0.3) is 5.91 Å². The van der Waals surface area contributed by atoms with E-state index in [9.17, 15) is 9.59 Å². The summed E-state index contributed by atoms with van der Waals surface area (Å²) in [5.41, 5.74) is 0.946. The lowest BCUT2D eigenvalue weighted by molar-refractivity contribution is -0.115. The Hall–Kier alpha value is -2.26. The van der Waals surface area contributed by atoms with Crippen LogP contribution in [0, 0.1) is 12.3 Å². The van der Waals surface area contributed by atoms with Gasteiger partial charge in [-0.2, -0.15) is 0 Å². The average Bonchev–Trinajstić information content (AvgIpc) is 2.67. The molecule has 6 heteroatoms. The summed E-state index contributed by atoms with van der Waals surface area (Å²) < 4.78 is 6.01. The van der Waals surface area contributed by atoms with Gasteiger partial charge in [0.1, 0.15) is 18.1 Å². The highest BCUT2D eigenvalue weighted by Gasteiger charge is 2.22. The number of hydrogen-bond donors (Lipinski definition) is 2. The van der Waals surface area contributed by atoms with Crippen LogP contribution in [0.5, 0.6) is 5.75 Å². The minimum atomic E-state index is -0.524. The number of carbonyl (C=O) groups excluding carboxylic acids is 2. The molecule has 1 saturated heterocycles. The summed E-state index contributed by atoms with van der Waals surface area (Å²) in [6.07, 6.45) is 6.67. The molecular formula is C13H9BrN2O3. The molecule has 3 amide bonds. The van der Waals surface area contributed by atoms with Crippen LogP contribution in [0.15, 0.2) is 28.4 Å². The summed E-state index contributed by atoms with van der Waals surface area (Å²) >= 11 is 3.34. The van der Waals surface area contributed by atoms with Crippen LogP contribution in [-0.4, -0.2) is 18.5 Å². The maximum absolute atomic E-state index is 11.4. The lowest BCUT2D eigenvalue weighted by atomic mass is 10.2. The molecular weight excluding hydrogens is 312 g/mol. The van der Waals surface area contributed by atoms with E-state index in [0.29, 0.717) is 10.2 Å². The van der Waals surface area contributed by atoms with Gasteiger partial charge in [-0.15, -0.1) is 6.42 Å². The Morgan fingerprint density at radius 3 is 2.74 bits per heavy atom. The first-order valence-corrected chi connectivity index (χ1v) is 6.09. The second kappa shape index (κ2) is 5.59. The van der Waals surface area contributed by atoms with Crippen molar-refractivity contribution in [2.75, 3.05) is 6.61 Å². The highest BCUT2D eigenvalue weighted by molar-refractivity contribution is 9.10. The molecule has 2 rings (SSSR count). The third kappa shape index (κ3) is 3.14. The van der Waals surface area contributed by atoms with Crippen molar-refractivity contribution in [1.29, 1.82) is 0 Å². The van der Waals surface area contributed by atoms with Crippen LogP contribution in [0.25, 0.3) is 6.08 Å². The molecule has 1 fully saturated rings. The molecule has 1 aliphatic heterocycles. The standard InChI is InChI=1S/C13H9BrN2O3/c1-2-5-19-11-4-3-8(6-9(11)14)7-10-12(17)16-13(18)15-10/h1,3-4,6-7H,5H2,(H2,15,16,17,18)/b10-7+. The van der Waals surface area contributed by atoms with E-state index >= 15 is 0 Å². The molecule has 2 N–H and O–H groups in total. The van der Waals surface area contributed by atoms with Gasteiger partial charge in [0.2, 0.25) is 0 Å². The molecule has 5 nitrogen and oxygen atoms in total. The Balaban J connectivity index is 2.21. The van der Waals surface area contributed by atoms with E-state index in [1.165, 1.54) is 0 Å². The Labute approximate surface area is 118 Å². The van der Waals surface area contributed by atoms with Crippen LogP contribution in [0.4, 0.5) is 4.79 Å². The highest BCUT2D eigenvalue weighted by atomic mass is 79.9. The Morgan fingerprint density at radius 1 is 1.37 bits per heavy atom. The maximum Gasteiger partial charge on any atom is 0.326 e. The molecule has 0 spiro atoms. The lowest BCUT2D eigenvalue weighted by Gasteiger charge is -2.05. The van der Waals surface area contributed by atoms with Gasteiger partial charge in [0.15, 0.2) is 0 Å². The first-order valence-electron chi connectivity index (χ1n) is 5.30. The molecule has 0 saturated carbocycles. The fourth-order valence-electron chi connectivity index (χ4n) is 1.49. The number of ether oxygens (including phenoxy) is 1. The summed E-state index contributed by atoms with van der Waals surface area (Å²) in [4.78, 5) is 22.3. The normalized spacial score (nSPS) is 15.9. The number of carbonyl (C=O) groups is 2. The third-order valence-corrected chi connectivity index (χ3v) is 2.92. The van der Waals surface area contributed by atoms with E-state index in [1.54, 1.807) is 24.3 Å². The fraction of sp³-hybridized carbons (Fsp3) is 0.0769. The zero-order valence-electron chi connectivity index (χ0n) is 9.70. The molecule has 19 heavy (non-hydrogen) atoms. The Morgan fingerprint density at radius 2 is 2.16 bits per heavy atom. The predicted molar refractivity (Wildman–Crippen MR) is 73.1 cm³/mol. The number of imide groups is 1. The summed E-state index contributed by atoms with van der Waals surface area (Å²) in [5.74, 6) is 2.53. The van der Waals surface area contributed by atoms with Gasteiger partial charge in [-0.1, -0.05) is 12.0 Å². The fourth-order valence-corrected chi connectivity index (χ4v) is 2.00. The van der Waals surface area contributed by atoms with E-state index < -0.39 is 11.9 Å². The second-order valence-electron chi connectivity index (χ2n) is 3.65. The van der Waals surface area contributed by atoms with Crippen molar-refractivity contribution in [2.45, 2.75) is 0 Å². The highest BCUT2D eigenvalue weighted by Crippen LogP contribution is 2.26. The monoisotopic (exact) mass is 320 g/mol. The molecule has 1 heterocycles. The van der Waals surface area contributed by atoms with Gasteiger partial charge < -0.3 is 10.1 Å². The first-order chi connectivity index (χ1) is 9.10. The van der Waals surface area contributed by atoms with Crippen LogP contribution in [-0.2, 0) is 4.79 Å². The van der Waals surface area contributed by atoms with Gasteiger partial charge in [-0.05, 0) is 39.7 Å². The quantitative estimate of drug-likeness (QED) is 0.505. The first kappa shape index (κ1) is 13.2. The van der Waals surface area contributed by atoms with Crippen LogP contribution in [0.1, 0.15) is 5.56 Å². The number of terminal acetylenes is 1. The summed E-state index contributed by atoms with van der Waals surface area (Å²) in [5, 5.41) is 4.53. The molecule has 0 aliphatic carbocycles. The molecule has 1 aliphatic rings. The van der Waals surface area contributed by atoms with Gasteiger partial charge in [-0.25, -0.2) is 4.79 Å². The smallest absolute Gasteiger partial charge is 0.326 e. The molecule has 1 aromatic rings. The third-order valence-electron chi connectivity index (χ3n) is 2.30. The minimum Gasteiger partial charge on any atom is -0.480 e. The molecule has 0 atom stereocenters. The maximum atomic E-state index is 11.4. The number of benzene rings is 1. The molecule has 1 aromatic carbocycles. The van der Waals surface area contributed by atoms with Crippen molar-refractivity contribution < 1.29 is 14.3 Å². The van der Waals surface area contributed by atoms with E-state index in [0.717, 1.165) is 5.56 Å². The van der Waals surface area contributed by atoms with E-state index in [2.05, 4.69) is 32.5 Å². The van der Waals surface area contributed by atoms with Gasteiger partial charge in [0.05, 0.1) is 4.47 Å². The van der Waals surface area contributed by atoms with Crippen molar-refractivity contribution in [2.24, 2.45) is 0 Å². The van der Waals surface area contributed by atoms with Crippen molar-refractivity contribution in [3.05, 3.63) is 33.9 Å². The van der Waals surface area contributed by atoms with Crippen molar-refractivity contribution in [1.82, 2.24) is 10.6 Å². The number of hydrogen-bond acceptors (Lipinski definition) is 3. The number of nitrogens with one attached hydrogen (secondary N) is 2. The Kier molecular flexibility index (Phi) is 3.88. The van der Waals surface area contributed by atoms with Crippen molar-refractivity contribution in [3.63, 3.8) is 0 Å². The summed E-state index contributed by atoms with van der Waals surface area (Å²) in [6.45, 7) is 0.178. The van der Waals surface area contributed by atoms with Gasteiger partial charge in [0, 0.05) is 0 Å². The molecule has 0 unspecified atom stereocenters. The largest absolute Gasteiger partial charge is 0.480 e. The zero-order valence-corrected chi connectivity index (χ0v) is 11.3. The van der Waals surface area contributed by atoms with Crippen LogP contribution >= 0.6 is 15.9 Å². The summed E-state index contributed by atoms with van der Waals surface area (Å²) in [7, 11) is 0. The van der Waals surface area contributed by atoms with Crippen molar-refractivity contribution in [3.8, 4) is 18.1 Å². The molecule has 0 radical (unpaired) electrons. The minimum absolute atomic E-state index is 0.178. The number of halogens is 1. The van der Waals surface area contributed by atoms with Crippen LogP contribution in [0.2, 0.25) is 0 Å². The van der Waals surface area contributed by atoms with E-state index in [4.69, 9.17) is 11.2 Å². The average molecular weight is 321 g/mol. The SMILES string of the molecule is C#CCOc1ccc(/C=C2/NC(=O)NC2=O)cc1Br. The Bertz CT molecular complexity index is 617.